The summed E-state index contributed by atoms with van der Waals surface area (Å²) in [6, 6.07) is 23.9. The molecule has 0 atom stereocenters. The lowest BCUT2D eigenvalue weighted by molar-refractivity contribution is -0.118. The minimum Gasteiger partial charge on any atom is -0.483 e. The normalized spacial score (nSPS) is 10.5. The van der Waals surface area contributed by atoms with E-state index < -0.39 is 0 Å². The van der Waals surface area contributed by atoms with Crippen molar-refractivity contribution in [3.05, 3.63) is 108 Å². The van der Waals surface area contributed by atoms with Gasteiger partial charge in [-0.2, -0.15) is 5.10 Å². The molecule has 0 spiro atoms. The average Bonchev–Trinajstić information content (AvgIpc) is 3.28. The molecule has 6 heteroatoms. The Balaban J connectivity index is 1.46. The number of carbonyl (C=O) groups is 2. The summed E-state index contributed by atoms with van der Waals surface area (Å²) in [6.45, 7) is 1.75. The van der Waals surface area contributed by atoms with Gasteiger partial charge in [0.05, 0.1) is 23.0 Å². The van der Waals surface area contributed by atoms with Crippen molar-refractivity contribution in [3.8, 4) is 11.4 Å². The molecule has 0 aliphatic carbocycles. The number of anilines is 1. The Labute approximate surface area is 180 Å². The molecule has 4 aromatic rings. The van der Waals surface area contributed by atoms with E-state index in [2.05, 4.69) is 10.4 Å². The second-order valence-corrected chi connectivity index (χ2v) is 7.04. The summed E-state index contributed by atoms with van der Waals surface area (Å²) in [5.41, 5.74) is 3.42. The quantitative estimate of drug-likeness (QED) is 0.457. The lowest BCUT2D eigenvalue weighted by atomic mass is 10.1. The standard InChI is InChI=1S/C25H21N3O3/c1-18-8-7-9-20(14-18)27-24(29)17-31-23-13-6-5-12-22(23)25(30)19-15-26-28(16-19)21-10-3-2-4-11-21/h2-16H,17H2,1H3,(H,27,29). The number of rotatable bonds is 7. The van der Waals surface area contributed by atoms with Crippen LogP contribution in [0.25, 0.3) is 5.69 Å². The maximum Gasteiger partial charge on any atom is 0.262 e. The number of aryl methyl sites for hydroxylation is 1. The fourth-order valence-corrected chi connectivity index (χ4v) is 3.16. The third kappa shape index (κ3) is 4.87. The van der Waals surface area contributed by atoms with Crippen molar-refractivity contribution in [1.29, 1.82) is 0 Å². The molecule has 0 saturated heterocycles. The second-order valence-electron chi connectivity index (χ2n) is 7.04. The summed E-state index contributed by atoms with van der Waals surface area (Å²) in [7, 11) is 0. The third-order valence-corrected chi connectivity index (χ3v) is 4.66. The Morgan fingerprint density at radius 2 is 1.74 bits per heavy atom. The molecule has 31 heavy (non-hydrogen) atoms. The van der Waals surface area contributed by atoms with Crippen LogP contribution in [0.3, 0.4) is 0 Å². The molecule has 1 amide bonds. The molecule has 0 aliphatic rings. The van der Waals surface area contributed by atoms with Crippen molar-refractivity contribution >= 4 is 17.4 Å². The van der Waals surface area contributed by atoms with Crippen LogP contribution in [0, 0.1) is 6.92 Å². The Morgan fingerprint density at radius 3 is 2.55 bits per heavy atom. The number of ketones is 1. The number of nitrogens with zero attached hydrogens (tertiary/aromatic N) is 2. The first-order valence-electron chi connectivity index (χ1n) is 9.83. The summed E-state index contributed by atoms with van der Waals surface area (Å²) < 4.78 is 7.32. The average molecular weight is 411 g/mol. The zero-order chi connectivity index (χ0) is 21.6. The lowest BCUT2D eigenvalue weighted by Crippen LogP contribution is -2.21. The highest BCUT2D eigenvalue weighted by Crippen LogP contribution is 2.22. The van der Waals surface area contributed by atoms with Gasteiger partial charge in [-0.05, 0) is 48.9 Å². The molecule has 0 aliphatic heterocycles. The molecule has 154 valence electrons. The van der Waals surface area contributed by atoms with Crippen LogP contribution in [-0.4, -0.2) is 28.1 Å². The van der Waals surface area contributed by atoms with E-state index in [1.165, 1.54) is 6.20 Å². The predicted molar refractivity (Wildman–Crippen MR) is 119 cm³/mol. The monoisotopic (exact) mass is 411 g/mol. The van der Waals surface area contributed by atoms with E-state index in [9.17, 15) is 9.59 Å². The first kappa shape index (κ1) is 20.1. The van der Waals surface area contributed by atoms with Gasteiger partial charge in [0.15, 0.2) is 12.4 Å². The van der Waals surface area contributed by atoms with Gasteiger partial charge in [-0.25, -0.2) is 4.68 Å². The van der Waals surface area contributed by atoms with Crippen molar-refractivity contribution < 1.29 is 14.3 Å². The zero-order valence-electron chi connectivity index (χ0n) is 17.0. The number of carbonyl (C=O) groups excluding carboxylic acids is 2. The molecular weight excluding hydrogens is 390 g/mol. The molecule has 0 radical (unpaired) electrons. The van der Waals surface area contributed by atoms with Crippen LogP contribution in [0.15, 0.2) is 91.3 Å². The van der Waals surface area contributed by atoms with E-state index in [-0.39, 0.29) is 18.3 Å². The van der Waals surface area contributed by atoms with E-state index in [0.717, 1.165) is 11.3 Å². The minimum absolute atomic E-state index is 0.207. The molecule has 1 heterocycles. The number of hydrogen-bond acceptors (Lipinski definition) is 4. The van der Waals surface area contributed by atoms with E-state index in [1.54, 1.807) is 35.1 Å². The molecule has 4 rings (SSSR count). The molecule has 0 unspecified atom stereocenters. The Morgan fingerprint density at radius 1 is 0.968 bits per heavy atom. The Kier molecular flexibility index (Phi) is 5.89. The van der Waals surface area contributed by atoms with Crippen LogP contribution in [0.2, 0.25) is 0 Å². The van der Waals surface area contributed by atoms with Crippen LogP contribution in [0.1, 0.15) is 21.5 Å². The van der Waals surface area contributed by atoms with Crippen LogP contribution < -0.4 is 10.1 Å². The van der Waals surface area contributed by atoms with E-state index >= 15 is 0 Å². The maximum absolute atomic E-state index is 13.1. The number of para-hydroxylation sites is 2. The largest absolute Gasteiger partial charge is 0.483 e. The van der Waals surface area contributed by atoms with Crippen molar-refractivity contribution in [3.63, 3.8) is 0 Å². The smallest absolute Gasteiger partial charge is 0.262 e. The van der Waals surface area contributed by atoms with E-state index in [0.29, 0.717) is 22.6 Å². The van der Waals surface area contributed by atoms with Crippen molar-refractivity contribution in [2.24, 2.45) is 0 Å². The summed E-state index contributed by atoms with van der Waals surface area (Å²) in [5, 5.41) is 7.07. The van der Waals surface area contributed by atoms with Gasteiger partial charge in [0, 0.05) is 11.9 Å². The number of hydrogen-bond donors (Lipinski definition) is 1. The van der Waals surface area contributed by atoms with Gasteiger partial charge in [0.2, 0.25) is 0 Å². The molecule has 6 nitrogen and oxygen atoms in total. The minimum atomic E-state index is -0.301. The van der Waals surface area contributed by atoms with Gasteiger partial charge in [-0.15, -0.1) is 0 Å². The predicted octanol–water partition coefficient (Wildman–Crippen LogP) is 4.43. The highest BCUT2D eigenvalue weighted by atomic mass is 16.5. The van der Waals surface area contributed by atoms with Gasteiger partial charge in [-0.1, -0.05) is 42.5 Å². The molecule has 0 saturated carbocycles. The molecular formula is C25H21N3O3. The number of aromatic nitrogens is 2. The van der Waals surface area contributed by atoms with Gasteiger partial charge >= 0.3 is 0 Å². The first-order valence-corrected chi connectivity index (χ1v) is 9.83. The van der Waals surface area contributed by atoms with Crippen LogP contribution in [0.4, 0.5) is 5.69 Å². The van der Waals surface area contributed by atoms with Crippen molar-refractivity contribution in [1.82, 2.24) is 9.78 Å². The van der Waals surface area contributed by atoms with Crippen molar-refractivity contribution in [2.75, 3.05) is 11.9 Å². The number of nitrogens with one attached hydrogen (secondary N) is 1. The number of benzene rings is 3. The molecule has 3 aromatic carbocycles. The van der Waals surface area contributed by atoms with Crippen molar-refractivity contribution in [2.45, 2.75) is 6.92 Å². The highest BCUT2D eigenvalue weighted by molar-refractivity contribution is 6.10. The third-order valence-electron chi connectivity index (χ3n) is 4.66. The topological polar surface area (TPSA) is 73.2 Å². The second kappa shape index (κ2) is 9.09. The van der Waals surface area contributed by atoms with Gasteiger partial charge in [0.25, 0.3) is 5.91 Å². The first-order chi connectivity index (χ1) is 15.1. The summed E-state index contributed by atoms with van der Waals surface area (Å²) in [6.07, 6.45) is 3.20. The van der Waals surface area contributed by atoms with Crippen LogP contribution >= 0.6 is 0 Å². The lowest BCUT2D eigenvalue weighted by Gasteiger charge is -2.11. The fraction of sp³-hybridized carbons (Fsp3) is 0.0800. The van der Waals surface area contributed by atoms with Crippen LogP contribution in [0.5, 0.6) is 5.75 Å². The van der Waals surface area contributed by atoms with E-state index in [4.69, 9.17) is 4.74 Å². The van der Waals surface area contributed by atoms with Crippen LogP contribution in [-0.2, 0) is 4.79 Å². The SMILES string of the molecule is Cc1cccc(NC(=O)COc2ccccc2C(=O)c2cnn(-c3ccccc3)c2)c1. The molecule has 1 N–H and O–H groups in total. The Bertz CT molecular complexity index is 1220. The summed E-state index contributed by atoms with van der Waals surface area (Å²) in [4.78, 5) is 25.3. The Hall–Kier alpha value is -4.19. The molecule has 0 bridgehead atoms. The fourth-order valence-electron chi connectivity index (χ4n) is 3.16. The summed E-state index contributed by atoms with van der Waals surface area (Å²) >= 11 is 0. The maximum atomic E-state index is 13.1. The number of ether oxygens (including phenoxy) is 1. The summed E-state index contributed by atoms with van der Waals surface area (Å²) in [5.74, 6) is -0.180. The molecule has 0 fully saturated rings. The molecule has 1 aromatic heterocycles. The highest BCUT2D eigenvalue weighted by Gasteiger charge is 2.17. The number of amides is 1. The van der Waals surface area contributed by atoms with Gasteiger partial charge in [0.1, 0.15) is 5.75 Å². The van der Waals surface area contributed by atoms with Gasteiger partial charge in [-0.3, -0.25) is 9.59 Å². The zero-order valence-corrected chi connectivity index (χ0v) is 17.0. The van der Waals surface area contributed by atoms with E-state index in [1.807, 2.05) is 61.5 Å². The van der Waals surface area contributed by atoms with Gasteiger partial charge < -0.3 is 10.1 Å².